The predicted octanol–water partition coefficient (Wildman–Crippen LogP) is 5.39. The van der Waals surface area contributed by atoms with Crippen LogP contribution in [0.5, 0.6) is 0 Å². The van der Waals surface area contributed by atoms with Crippen molar-refractivity contribution in [2.24, 2.45) is 0 Å². The summed E-state index contributed by atoms with van der Waals surface area (Å²) < 4.78 is 76.0. The van der Waals surface area contributed by atoms with Crippen LogP contribution in [-0.4, -0.2) is 4.98 Å². The fourth-order valence-corrected chi connectivity index (χ4v) is 2.28. The molecule has 0 aliphatic carbocycles. The molecule has 0 N–H and O–H groups in total. The van der Waals surface area contributed by atoms with Crippen LogP contribution in [0.2, 0.25) is 0 Å². The van der Waals surface area contributed by atoms with Gasteiger partial charge in [-0.05, 0) is 58.0 Å². The standard InChI is InChI=1S/C13H6F6IN/c14-12(15,16)9-3-1-2-7(4-9)8-5-10(13(17,18)19)21-11(20)6-8/h1-6H. The molecule has 0 radical (unpaired) electrons. The quantitative estimate of drug-likeness (QED) is 0.345. The van der Waals surface area contributed by atoms with E-state index in [0.717, 1.165) is 24.3 Å². The number of hydrogen-bond acceptors (Lipinski definition) is 1. The number of rotatable bonds is 1. The van der Waals surface area contributed by atoms with E-state index in [0.29, 0.717) is 0 Å². The predicted molar refractivity (Wildman–Crippen MR) is 72.4 cm³/mol. The first kappa shape index (κ1) is 16.1. The van der Waals surface area contributed by atoms with Crippen LogP contribution in [0.3, 0.4) is 0 Å². The molecular weight excluding hydrogens is 411 g/mol. The van der Waals surface area contributed by atoms with E-state index in [-0.39, 0.29) is 14.8 Å². The number of hydrogen-bond donors (Lipinski definition) is 0. The van der Waals surface area contributed by atoms with Crippen molar-refractivity contribution in [1.29, 1.82) is 0 Å². The van der Waals surface area contributed by atoms with E-state index in [2.05, 4.69) is 4.98 Å². The molecule has 1 aromatic heterocycles. The molecule has 2 rings (SSSR count). The van der Waals surface area contributed by atoms with Gasteiger partial charge >= 0.3 is 12.4 Å². The van der Waals surface area contributed by atoms with Crippen molar-refractivity contribution in [3.8, 4) is 11.1 Å². The van der Waals surface area contributed by atoms with Gasteiger partial charge in [0.05, 0.1) is 5.56 Å². The first-order valence-corrected chi connectivity index (χ1v) is 6.57. The van der Waals surface area contributed by atoms with Gasteiger partial charge in [0.2, 0.25) is 0 Å². The van der Waals surface area contributed by atoms with Crippen molar-refractivity contribution in [2.45, 2.75) is 12.4 Å². The van der Waals surface area contributed by atoms with Crippen LogP contribution in [0.25, 0.3) is 11.1 Å². The van der Waals surface area contributed by atoms with Gasteiger partial charge in [-0.3, -0.25) is 0 Å². The Hall–Kier alpha value is -1.32. The van der Waals surface area contributed by atoms with Gasteiger partial charge in [0, 0.05) is 0 Å². The lowest BCUT2D eigenvalue weighted by Gasteiger charge is -2.11. The molecule has 21 heavy (non-hydrogen) atoms. The molecule has 8 heteroatoms. The maximum Gasteiger partial charge on any atom is 0.433 e. The number of nitrogens with zero attached hydrogens (tertiary/aromatic N) is 1. The van der Waals surface area contributed by atoms with Crippen molar-refractivity contribution in [3.05, 3.63) is 51.4 Å². The number of aromatic nitrogens is 1. The lowest BCUT2D eigenvalue weighted by molar-refractivity contribution is -0.141. The van der Waals surface area contributed by atoms with Crippen LogP contribution in [0.15, 0.2) is 36.4 Å². The topological polar surface area (TPSA) is 12.9 Å². The molecule has 0 unspecified atom stereocenters. The first-order valence-electron chi connectivity index (χ1n) is 5.50. The summed E-state index contributed by atoms with van der Waals surface area (Å²) in [5.41, 5.74) is -1.97. The highest BCUT2D eigenvalue weighted by Crippen LogP contribution is 2.34. The minimum Gasteiger partial charge on any atom is -0.237 e. The fourth-order valence-electron chi connectivity index (χ4n) is 1.68. The zero-order chi connectivity index (χ0) is 15.8. The van der Waals surface area contributed by atoms with E-state index in [1.54, 1.807) is 22.6 Å². The Morgan fingerprint density at radius 3 is 2.05 bits per heavy atom. The van der Waals surface area contributed by atoms with Gasteiger partial charge in [-0.1, -0.05) is 12.1 Å². The van der Waals surface area contributed by atoms with Crippen molar-refractivity contribution in [2.75, 3.05) is 0 Å². The molecule has 2 aromatic rings. The molecule has 0 atom stereocenters. The second-order valence-electron chi connectivity index (χ2n) is 4.14. The minimum absolute atomic E-state index is 0.0350. The molecule has 0 amide bonds. The Labute approximate surface area is 129 Å². The molecule has 0 aliphatic heterocycles. The van der Waals surface area contributed by atoms with E-state index in [1.807, 2.05) is 0 Å². The van der Waals surface area contributed by atoms with Gasteiger partial charge in [0.25, 0.3) is 0 Å². The highest BCUT2D eigenvalue weighted by Gasteiger charge is 2.34. The molecule has 1 heterocycles. The van der Waals surface area contributed by atoms with Crippen LogP contribution in [0.1, 0.15) is 11.3 Å². The lowest BCUT2D eigenvalue weighted by Crippen LogP contribution is -2.09. The zero-order valence-corrected chi connectivity index (χ0v) is 12.2. The molecule has 112 valence electrons. The van der Waals surface area contributed by atoms with Crippen molar-refractivity contribution >= 4 is 22.6 Å². The van der Waals surface area contributed by atoms with Crippen molar-refractivity contribution < 1.29 is 26.3 Å². The summed E-state index contributed by atoms with van der Waals surface area (Å²) in [4.78, 5) is 3.34. The molecule has 0 aliphatic rings. The smallest absolute Gasteiger partial charge is 0.237 e. The number of benzene rings is 1. The monoisotopic (exact) mass is 417 g/mol. The SMILES string of the molecule is FC(F)(F)c1cccc(-c2cc(I)nc(C(F)(F)F)c2)c1. The minimum atomic E-state index is -4.66. The van der Waals surface area contributed by atoms with Crippen molar-refractivity contribution in [3.63, 3.8) is 0 Å². The Morgan fingerprint density at radius 2 is 1.48 bits per heavy atom. The van der Waals surface area contributed by atoms with E-state index >= 15 is 0 Å². The van der Waals surface area contributed by atoms with Crippen molar-refractivity contribution in [1.82, 2.24) is 4.98 Å². The number of alkyl halides is 6. The summed E-state index contributed by atoms with van der Waals surface area (Å²) in [6.45, 7) is 0. The van der Waals surface area contributed by atoms with E-state index in [9.17, 15) is 26.3 Å². The van der Waals surface area contributed by atoms with E-state index in [1.165, 1.54) is 12.1 Å². The molecule has 1 aromatic carbocycles. The van der Waals surface area contributed by atoms with Gasteiger partial charge in [-0.2, -0.15) is 26.3 Å². The summed E-state index contributed by atoms with van der Waals surface area (Å²) in [6, 6.07) is 6.17. The summed E-state index contributed by atoms with van der Waals surface area (Å²) in [6.07, 6.45) is -9.21. The summed E-state index contributed by atoms with van der Waals surface area (Å²) in [5.74, 6) is 0. The fraction of sp³-hybridized carbons (Fsp3) is 0.154. The van der Waals surface area contributed by atoms with Crippen LogP contribution in [-0.2, 0) is 12.4 Å². The summed E-state index contributed by atoms with van der Waals surface area (Å²) >= 11 is 1.59. The zero-order valence-electron chi connectivity index (χ0n) is 10.1. The van der Waals surface area contributed by atoms with Gasteiger partial charge in [0.1, 0.15) is 9.39 Å². The third-order valence-corrected chi connectivity index (χ3v) is 3.16. The molecule has 0 fully saturated rings. The second-order valence-corrected chi connectivity index (χ2v) is 5.25. The number of pyridine rings is 1. The normalized spacial score (nSPS) is 12.5. The van der Waals surface area contributed by atoms with E-state index < -0.39 is 23.6 Å². The largest absolute Gasteiger partial charge is 0.433 e. The van der Waals surface area contributed by atoms with Gasteiger partial charge in [-0.25, -0.2) is 4.98 Å². The molecule has 0 bridgehead atoms. The summed E-state index contributed by atoms with van der Waals surface area (Å²) in [7, 11) is 0. The second kappa shape index (κ2) is 5.47. The molecule has 0 spiro atoms. The van der Waals surface area contributed by atoms with Gasteiger partial charge in [-0.15, -0.1) is 0 Å². The highest BCUT2D eigenvalue weighted by atomic mass is 127. The third-order valence-electron chi connectivity index (χ3n) is 2.61. The molecule has 0 saturated heterocycles. The lowest BCUT2D eigenvalue weighted by atomic mass is 10.0. The van der Waals surface area contributed by atoms with Crippen LogP contribution in [0.4, 0.5) is 26.3 Å². The Balaban J connectivity index is 2.55. The third kappa shape index (κ3) is 3.86. The van der Waals surface area contributed by atoms with Crippen LogP contribution >= 0.6 is 22.6 Å². The Kier molecular flexibility index (Phi) is 4.18. The molecular formula is C13H6F6IN. The average molecular weight is 417 g/mol. The first-order chi connectivity index (χ1) is 9.57. The average Bonchev–Trinajstić information content (AvgIpc) is 2.36. The summed E-state index contributed by atoms with van der Waals surface area (Å²) in [5, 5.41) is 0. The Morgan fingerprint density at radius 1 is 0.810 bits per heavy atom. The molecule has 0 saturated carbocycles. The molecule has 1 nitrogen and oxygen atoms in total. The van der Waals surface area contributed by atoms with Gasteiger partial charge in [0.15, 0.2) is 0 Å². The number of halogens is 7. The Bertz CT molecular complexity index is 662. The van der Waals surface area contributed by atoms with Gasteiger partial charge < -0.3 is 0 Å². The highest BCUT2D eigenvalue weighted by molar-refractivity contribution is 14.1. The van der Waals surface area contributed by atoms with Crippen LogP contribution in [0, 0.1) is 3.70 Å². The van der Waals surface area contributed by atoms with E-state index in [4.69, 9.17) is 0 Å². The maximum atomic E-state index is 12.7. The maximum absolute atomic E-state index is 12.7. The van der Waals surface area contributed by atoms with Crippen LogP contribution < -0.4 is 0 Å².